The fraction of sp³-hybridized carbons (Fsp3) is 0.500. The average molecular weight is 391 g/mol. The van der Waals surface area contributed by atoms with Crippen molar-refractivity contribution in [3.8, 4) is 0 Å². The summed E-state index contributed by atoms with van der Waals surface area (Å²) in [7, 11) is 0. The molecule has 1 aliphatic heterocycles. The van der Waals surface area contributed by atoms with Crippen molar-refractivity contribution in [2.45, 2.75) is 70.1 Å². The van der Waals surface area contributed by atoms with Gasteiger partial charge in [-0.05, 0) is 63.1 Å². The highest BCUT2D eigenvalue weighted by Gasteiger charge is 2.44. The number of benzene rings is 2. The molecule has 2 aromatic carbocycles. The number of hydrogen-bond acceptors (Lipinski definition) is 3. The van der Waals surface area contributed by atoms with Crippen molar-refractivity contribution in [2.24, 2.45) is 0 Å². The zero-order chi connectivity index (χ0) is 20.1. The molecule has 3 nitrogen and oxygen atoms in total. The van der Waals surface area contributed by atoms with Crippen LogP contribution >= 0.6 is 0 Å². The number of nitrogens with zero attached hydrogens (tertiary/aromatic N) is 2. The van der Waals surface area contributed by atoms with Crippen LogP contribution in [0.3, 0.4) is 0 Å². The molecule has 2 fully saturated rings. The maximum absolute atomic E-state index is 11.8. The van der Waals surface area contributed by atoms with Gasteiger partial charge >= 0.3 is 0 Å². The van der Waals surface area contributed by atoms with Crippen LogP contribution in [-0.4, -0.2) is 40.3 Å². The molecule has 2 aromatic rings. The highest BCUT2D eigenvalue weighted by atomic mass is 16.1. The van der Waals surface area contributed by atoms with Crippen LogP contribution in [0.5, 0.6) is 0 Å². The van der Waals surface area contributed by atoms with Gasteiger partial charge in [0.25, 0.3) is 0 Å². The minimum absolute atomic E-state index is 0.285. The second-order valence-electron chi connectivity index (χ2n) is 9.06. The van der Waals surface area contributed by atoms with Crippen molar-refractivity contribution in [1.82, 2.24) is 9.80 Å². The quantitative estimate of drug-likeness (QED) is 0.660. The van der Waals surface area contributed by atoms with Crippen LogP contribution in [0.15, 0.2) is 60.7 Å². The Morgan fingerprint density at radius 1 is 0.931 bits per heavy atom. The molecule has 154 valence electrons. The highest BCUT2D eigenvalue weighted by Crippen LogP contribution is 2.43. The van der Waals surface area contributed by atoms with E-state index in [1.807, 2.05) is 0 Å². The van der Waals surface area contributed by atoms with Gasteiger partial charge in [0.15, 0.2) is 0 Å². The van der Waals surface area contributed by atoms with Crippen LogP contribution in [0.2, 0.25) is 0 Å². The topological polar surface area (TPSA) is 23.6 Å². The van der Waals surface area contributed by atoms with E-state index in [-0.39, 0.29) is 5.54 Å². The lowest BCUT2D eigenvalue weighted by Crippen LogP contribution is -2.51. The summed E-state index contributed by atoms with van der Waals surface area (Å²) in [5.74, 6) is 0.309. The van der Waals surface area contributed by atoms with E-state index in [0.29, 0.717) is 18.4 Å². The first-order valence-corrected chi connectivity index (χ1v) is 11.2. The molecule has 1 saturated heterocycles. The third-order valence-corrected chi connectivity index (χ3v) is 7.01. The molecule has 0 aromatic heterocycles. The summed E-state index contributed by atoms with van der Waals surface area (Å²) in [5.41, 5.74) is 3.07. The molecule has 4 rings (SSSR count). The lowest BCUT2D eigenvalue weighted by molar-refractivity contribution is -0.119. The summed E-state index contributed by atoms with van der Waals surface area (Å²) in [6, 6.07) is 22.4. The van der Waals surface area contributed by atoms with Crippen molar-refractivity contribution in [2.75, 3.05) is 13.1 Å². The van der Waals surface area contributed by atoms with Gasteiger partial charge in [0, 0.05) is 24.7 Å². The third kappa shape index (κ3) is 4.96. The van der Waals surface area contributed by atoms with Crippen LogP contribution in [0.25, 0.3) is 0 Å². The van der Waals surface area contributed by atoms with Gasteiger partial charge in [0.1, 0.15) is 5.78 Å². The van der Waals surface area contributed by atoms with Gasteiger partial charge in [-0.15, -0.1) is 0 Å². The monoisotopic (exact) mass is 390 g/mol. The fourth-order valence-corrected chi connectivity index (χ4v) is 5.53. The predicted octanol–water partition coefficient (Wildman–Crippen LogP) is 5.06. The Balaban J connectivity index is 1.46. The molecule has 0 unspecified atom stereocenters. The Morgan fingerprint density at radius 3 is 2.00 bits per heavy atom. The first kappa shape index (κ1) is 20.3. The highest BCUT2D eigenvalue weighted by molar-refractivity contribution is 5.77. The number of ketones is 1. The lowest BCUT2D eigenvalue weighted by Gasteiger charge is -2.46. The molecule has 2 aliphatic rings. The molecule has 1 spiro atoms. The van der Waals surface area contributed by atoms with E-state index in [1.54, 1.807) is 6.92 Å². The van der Waals surface area contributed by atoms with Crippen molar-refractivity contribution in [1.29, 1.82) is 0 Å². The summed E-state index contributed by atoms with van der Waals surface area (Å²) < 4.78 is 0. The van der Waals surface area contributed by atoms with E-state index in [0.717, 1.165) is 19.6 Å². The Labute approximate surface area is 175 Å². The van der Waals surface area contributed by atoms with E-state index >= 15 is 0 Å². The molecule has 29 heavy (non-hydrogen) atoms. The van der Waals surface area contributed by atoms with Crippen LogP contribution in [0.4, 0.5) is 0 Å². The Hall–Kier alpha value is -1.97. The fourth-order valence-electron chi connectivity index (χ4n) is 5.53. The zero-order valence-corrected chi connectivity index (χ0v) is 17.7. The summed E-state index contributed by atoms with van der Waals surface area (Å²) >= 11 is 0. The van der Waals surface area contributed by atoms with Crippen LogP contribution in [0, 0.1) is 0 Å². The zero-order valence-electron chi connectivity index (χ0n) is 17.7. The minimum atomic E-state index is 0.285. The van der Waals surface area contributed by atoms with E-state index in [4.69, 9.17) is 0 Å². The SMILES string of the molecule is CC(=O)CN1CCCC12CCC(N(Cc1ccccc1)Cc1ccccc1)CC2. The lowest BCUT2D eigenvalue weighted by atomic mass is 9.77. The number of carbonyl (C=O) groups excluding carboxylic acids is 1. The normalized spacial score (nSPS) is 25.0. The molecule has 1 heterocycles. The van der Waals surface area contributed by atoms with Gasteiger partial charge < -0.3 is 0 Å². The van der Waals surface area contributed by atoms with E-state index in [2.05, 4.69) is 70.5 Å². The van der Waals surface area contributed by atoms with Crippen LogP contribution < -0.4 is 0 Å². The smallest absolute Gasteiger partial charge is 0.143 e. The Bertz CT molecular complexity index is 739. The van der Waals surface area contributed by atoms with Crippen molar-refractivity contribution in [3.05, 3.63) is 71.8 Å². The van der Waals surface area contributed by atoms with Gasteiger partial charge in [-0.3, -0.25) is 14.6 Å². The number of likely N-dealkylation sites (tertiary alicyclic amines) is 1. The summed E-state index contributed by atoms with van der Waals surface area (Å²) in [6.07, 6.45) is 7.43. The predicted molar refractivity (Wildman–Crippen MR) is 119 cm³/mol. The first-order valence-electron chi connectivity index (χ1n) is 11.2. The maximum atomic E-state index is 11.8. The molecule has 0 bridgehead atoms. The Morgan fingerprint density at radius 2 is 1.48 bits per heavy atom. The van der Waals surface area contributed by atoms with Gasteiger partial charge in [0.05, 0.1) is 6.54 Å². The number of hydrogen-bond donors (Lipinski definition) is 0. The molecular formula is C26H34N2O. The number of rotatable bonds is 7. The van der Waals surface area contributed by atoms with Gasteiger partial charge in [-0.2, -0.15) is 0 Å². The molecule has 0 radical (unpaired) electrons. The third-order valence-electron chi connectivity index (χ3n) is 7.01. The van der Waals surface area contributed by atoms with E-state index < -0.39 is 0 Å². The minimum Gasteiger partial charge on any atom is -0.299 e. The van der Waals surface area contributed by atoms with Crippen LogP contribution in [-0.2, 0) is 17.9 Å². The molecular weight excluding hydrogens is 356 g/mol. The average Bonchev–Trinajstić information content (AvgIpc) is 3.10. The summed E-state index contributed by atoms with van der Waals surface area (Å²) in [6.45, 7) is 5.48. The molecule has 0 N–H and O–H groups in total. The molecule has 0 atom stereocenters. The second kappa shape index (κ2) is 9.23. The van der Waals surface area contributed by atoms with Gasteiger partial charge in [0.2, 0.25) is 0 Å². The second-order valence-corrected chi connectivity index (χ2v) is 9.06. The van der Waals surface area contributed by atoms with E-state index in [9.17, 15) is 4.79 Å². The maximum Gasteiger partial charge on any atom is 0.143 e. The van der Waals surface area contributed by atoms with Gasteiger partial charge in [-0.25, -0.2) is 0 Å². The first-order chi connectivity index (χ1) is 14.1. The van der Waals surface area contributed by atoms with Crippen LogP contribution in [0.1, 0.15) is 56.6 Å². The van der Waals surface area contributed by atoms with Crippen molar-refractivity contribution >= 4 is 5.78 Å². The molecule has 0 amide bonds. The largest absolute Gasteiger partial charge is 0.299 e. The van der Waals surface area contributed by atoms with Gasteiger partial charge in [-0.1, -0.05) is 60.7 Å². The molecule has 1 saturated carbocycles. The molecule has 1 aliphatic carbocycles. The van der Waals surface area contributed by atoms with Crippen molar-refractivity contribution in [3.63, 3.8) is 0 Å². The Kier molecular flexibility index (Phi) is 6.46. The molecule has 3 heteroatoms. The standard InChI is InChI=1S/C26H34N2O/c1-22(29)19-28-18-8-15-26(28)16-13-25(14-17-26)27(20-23-9-4-2-5-10-23)21-24-11-6-3-7-12-24/h2-7,9-12,25H,8,13-21H2,1H3. The number of Topliss-reactive ketones (excluding diaryl/α,β-unsaturated/α-hetero) is 1. The number of carbonyl (C=O) groups is 1. The summed E-state index contributed by atoms with van der Waals surface area (Å²) in [5, 5.41) is 0. The van der Waals surface area contributed by atoms with E-state index in [1.165, 1.54) is 49.7 Å². The summed E-state index contributed by atoms with van der Waals surface area (Å²) in [4.78, 5) is 16.9. The van der Waals surface area contributed by atoms with Crippen molar-refractivity contribution < 1.29 is 4.79 Å².